The number of hydrogen-bond acceptors (Lipinski definition) is 3. The minimum Gasteiger partial charge on any atom is -0.495 e. The van der Waals surface area contributed by atoms with Crippen LogP contribution in [0.5, 0.6) is 5.75 Å². The van der Waals surface area contributed by atoms with Crippen molar-refractivity contribution in [1.82, 2.24) is 0 Å². The number of ketones is 1. The van der Waals surface area contributed by atoms with Crippen LogP contribution in [-0.2, 0) is 0 Å². The molecular weight excluding hydrogens is 250 g/mol. The van der Waals surface area contributed by atoms with Gasteiger partial charge in [0.15, 0.2) is 5.78 Å². The van der Waals surface area contributed by atoms with Crippen molar-refractivity contribution in [3.63, 3.8) is 0 Å². The average Bonchev–Trinajstić information content (AvgIpc) is 2.72. The lowest BCUT2D eigenvalue weighted by atomic mass is 9.98. The maximum Gasteiger partial charge on any atom is 0.194 e. The molecule has 0 radical (unpaired) electrons. The van der Waals surface area contributed by atoms with Crippen LogP contribution in [0.4, 0.5) is 5.69 Å². The Hall–Kier alpha value is -2.29. The monoisotopic (exact) mass is 267 g/mol. The summed E-state index contributed by atoms with van der Waals surface area (Å²) in [4.78, 5) is 14.6. The Morgan fingerprint density at radius 3 is 2.30 bits per heavy atom. The summed E-state index contributed by atoms with van der Waals surface area (Å²) in [6.07, 6.45) is 0. The molecule has 3 nitrogen and oxygen atoms in total. The van der Waals surface area contributed by atoms with Crippen LogP contribution in [0.25, 0.3) is 11.1 Å². The fourth-order valence-electron chi connectivity index (χ4n) is 3.04. The minimum absolute atomic E-state index is 0.110. The number of methoxy groups -OCH3 is 1. The third-order valence-electron chi connectivity index (χ3n) is 3.86. The fraction of sp³-hybridized carbons (Fsp3) is 0.235. The average molecular weight is 267 g/mol. The van der Waals surface area contributed by atoms with Crippen molar-refractivity contribution in [3.8, 4) is 16.9 Å². The summed E-state index contributed by atoms with van der Waals surface area (Å²) in [7, 11) is 5.59. The first kappa shape index (κ1) is 12.7. The molecule has 0 saturated heterocycles. The number of anilines is 1. The van der Waals surface area contributed by atoms with Gasteiger partial charge in [-0.05, 0) is 29.7 Å². The highest BCUT2D eigenvalue weighted by Crippen LogP contribution is 2.45. The molecule has 3 rings (SSSR count). The molecule has 0 saturated carbocycles. The first-order chi connectivity index (χ1) is 9.56. The van der Waals surface area contributed by atoms with E-state index in [1.165, 1.54) is 0 Å². The van der Waals surface area contributed by atoms with E-state index in [-0.39, 0.29) is 5.78 Å². The molecule has 0 amide bonds. The lowest BCUT2D eigenvalue weighted by Crippen LogP contribution is -2.14. The normalized spacial score (nSPS) is 12.1. The van der Waals surface area contributed by atoms with Gasteiger partial charge in [-0.15, -0.1) is 0 Å². The van der Waals surface area contributed by atoms with Gasteiger partial charge in [-0.25, -0.2) is 0 Å². The topological polar surface area (TPSA) is 29.5 Å². The molecule has 0 atom stereocenters. The van der Waals surface area contributed by atoms with Gasteiger partial charge in [-0.3, -0.25) is 4.79 Å². The van der Waals surface area contributed by atoms with Crippen molar-refractivity contribution in [2.45, 2.75) is 6.92 Å². The molecule has 0 heterocycles. The van der Waals surface area contributed by atoms with E-state index < -0.39 is 0 Å². The maximum atomic E-state index is 12.6. The van der Waals surface area contributed by atoms with E-state index in [4.69, 9.17) is 4.74 Å². The lowest BCUT2D eigenvalue weighted by molar-refractivity contribution is 0.104. The van der Waals surface area contributed by atoms with Crippen molar-refractivity contribution < 1.29 is 9.53 Å². The second kappa shape index (κ2) is 4.37. The smallest absolute Gasteiger partial charge is 0.194 e. The van der Waals surface area contributed by atoms with E-state index in [0.717, 1.165) is 39.3 Å². The van der Waals surface area contributed by atoms with Crippen LogP contribution in [0.1, 0.15) is 21.5 Å². The summed E-state index contributed by atoms with van der Waals surface area (Å²) in [5.74, 6) is 0.912. The van der Waals surface area contributed by atoms with Crippen LogP contribution in [0.15, 0.2) is 30.3 Å². The first-order valence-electron chi connectivity index (χ1n) is 6.59. The Bertz CT molecular complexity index is 717. The number of ether oxygens (including phenoxy) is 1. The highest BCUT2D eigenvalue weighted by molar-refractivity contribution is 6.23. The number of hydrogen-bond donors (Lipinski definition) is 0. The van der Waals surface area contributed by atoms with Crippen LogP contribution in [0.3, 0.4) is 0 Å². The summed E-state index contributed by atoms with van der Waals surface area (Å²) < 4.78 is 5.51. The van der Waals surface area contributed by atoms with Gasteiger partial charge in [0.05, 0.1) is 12.8 Å². The van der Waals surface area contributed by atoms with Gasteiger partial charge in [-0.1, -0.05) is 24.3 Å². The molecule has 0 unspecified atom stereocenters. The number of benzene rings is 2. The maximum absolute atomic E-state index is 12.6. The number of carbonyl (C=O) groups excluding carboxylic acids is 1. The van der Waals surface area contributed by atoms with Gasteiger partial charge in [0.2, 0.25) is 0 Å². The number of rotatable bonds is 2. The fourth-order valence-corrected chi connectivity index (χ4v) is 3.04. The molecule has 0 N–H and O–H groups in total. The van der Waals surface area contributed by atoms with E-state index in [1.807, 2.05) is 56.3 Å². The third-order valence-corrected chi connectivity index (χ3v) is 3.86. The van der Waals surface area contributed by atoms with E-state index in [0.29, 0.717) is 0 Å². The van der Waals surface area contributed by atoms with Crippen LogP contribution >= 0.6 is 0 Å². The molecule has 2 aromatic rings. The van der Waals surface area contributed by atoms with E-state index in [9.17, 15) is 4.79 Å². The molecule has 0 bridgehead atoms. The zero-order valence-corrected chi connectivity index (χ0v) is 12.2. The standard InChI is InChI=1S/C17H17NO2/c1-10-15-13(9-14(20-4)16(10)18(2)3)11-7-5-6-8-12(11)17(15)19/h5-9H,1-4H3. The van der Waals surface area contributed by atoms with Gasteiger partial charge in [-0.2, -0.15) is 0 Å². The SMILES string of the molecule is COc1cc2c(c(C)c1N(C)C)C(=O)c1ccccc1-2. The van der Waals surface area contributed by atoms with Gasteiger partial charge in [0.25, 0.3) is 0 Å². The van der Waals surface area contributed by atoms with Gasteiger partial charge in [0.1, 0.15) is 5.75 Å². The van der Waals surface area contributed by atoms with Crippen LogP contribution in [0, 0.1) is 6.92 Å². The summed E-state index contributed by atoms with van der Waals surface area (Å²) in [5, 5.41) is 0. The van der Waals surface area contributed by atoms with Crippen molar-refractivity contribution >= 4 is 11.5 Å². The number of carbonyl (C=O) groups is 1. The predicted octanol–water partition coefficient (Wildman–Crippen LogP) is 3.28. The second-order valence-electron chi connectivity index (χ2n) is 5.24. The summed E-state index contributed by atoms with van der Waals surface area (Å²) in [5.41, 5.74) is 5.50. The lowest BCUT2D eigenvalue weighted by Gasteiger charge is -2.21. The molecule has 2 aromatic carbocycles. The molecular formula is C17H17NO2. The minimum atomic E-state index is 0.110. The molecule has 0 aromatic heterocycles. The predicted molar refractivity (Wildman–Crippen MR) is 80.9 cm³/mol. The second-order valence-corrected chi connectivity index (χ2v) is 5.24. The highest BCUT2D eigenvalue weighted by Gasteiger charge is 2.31. The molecule has 0 fully saturated rings. The Kier molecular flexibility index (Phi) is 2.78. The Morgan fingerprint density at radius 1 is 1.05 bits per heavy atom. The molecule has 102 valence electrons. The highest BCUT2D eigenvalue weighted by atomic mass is 16.5. The Labute approximate surface area is 118 Å². The zero-order chi connectivity index (χ0) is 14.4. The van der Waals surface area contributed by atoms with Crippen LogP contribution < -0.4 is 9.64 Å². The molecule has 20 heavy (non-hydrogen) atoms. The van der Waals surface area contributed by atoms with E-state index in [1.54, 1.807) is 7.11 Å². The molecule has 0 aliphatic heterocycles. The largest absolute Gasteiger partial charge is 0.495 e. The summed E-state index contributed by atoms with van der Waals surface area (Å²) >= 11 is 0. The summed E-state index contributed by atoms with van der Waals surface area (Å²) in [6, 6.07) is 9.72. The van der Waals surface area contributed by atoms with Gasteiger partial charge in [0, 0.05) is 25.2 Å². The number of nitrogens with zero attached hydrogens (tertiary/aromatic N) is 1. The molecule has 0 spiro atoms. The van der Waals surface area contributed by atoms with Crippen molar-refractivity contribution in [2.75, 3.05) is 26.1 Å². The van der Waals surface area contributed by atoms with Crippen LogP contribution in [0.2, 0.25) is 0 Å². The molecule has 1 aliphatic carbocycles. The van der Waals surface area contributed by atoms with Crippen molar-refractivity contribution in [3.05, 3.63) is 47.0 Å². The van der Waals surface area contributed by atoms with Crippen molar-refractivity contribution in [1.29, 1.82) is 0 Å². The van der Waals surface area contributed by atoms with Crippen LogP contribution in [-0.4, -0.2) is 27.0 Å². The van der Waals surface area contributed by atoms with E-state index in [2.05, 4.69) is 0 Å². The quantitative estimate of drug-likeness (QED) is 0.713. The number of fused-ring (bicyclic) bond motifs is 3. The first-order valence-corrected chi connectivity index (χ1v) is 6.59. The molecule has 1 aliphatic rings. The van der Waals surface area contributed by atoms with E-state index >= 15 is 0 Å². The Morgan fingerprint density at radius 2 is 1.70 bits per heavy atom. The zero-order valence-electron chi connectivity index (χ0n) is 12.2. The van der Waals surface area contributed by atoms with Gasteiger partial charge < -0.3 is 9.64 Å². The van der Waals surface area contributed by atoms with Gasteiger partial charge >= 0.3 is 0 Å². The summed E-state index contributed by atoms with van der Waals surface area (Å²) in [6.45, 7) is 1.99. The Balaban J connectivity index is 2.37. The molecule has 3 heteroatoms. The third kappa shape index (κ3) is 1.56. The van der Waals surface area contributed by atoms with Crippen molar-refractivity contribution in [2.24, 2.45) is 0 Å².